The van der Waals surface area contributed by atoms with Gasteiger partial charge in [0.25, 0.3) is 5.91 Å². The number of nitrogens with two attached hydrogens (primary N) is 1. The first-order valence-corrected chi connectivity index (χ1v) is 13.4. The number of nitrogens with zero attached hydrogens (tertiary/aromatic N) is 3. The van der Waals surface area contributed by atoms with E-state index in [2.05, 4.69) is 4.99 Å². The van der Waals surface area contributed by atoms with E-state index in [1.165, 1.54) is 29.9 Å². The molecule has 0 radical (unpaired) electrons. The zero-order chi connectivity index (χ0) is 26.2. The third-order valence-corrected chi connectivity index (χ3v) is 7.66. The molecule has 9 nitrogen and oxygen atoms in total. The summed E-state index contributed by atoms with van der Waals surface area (Å²) < 4.78 is 30.5. The minimum atomic E-state index is -3.95. The second-order valence-electron chi connectivity index (χ2n) is 8.08. The molecule has 37 heavy (non-hydrogen) atoms. The van der Waals surface area contributed by atoms with Crippen LogP contribution in [0.15, 0.2) is 88.8 Å². The molecule has 0 atom stereocenters. The van der Waals surface area contributed by atoms with Crippen molar-refractivity contribution in [2.24, 2.45) is 10.1 Å². The van der Waals surface area contributed by atoms with Crippen LogP contribution >= 0.6 is 11.3 Å². The number of carbonyl (C=O) groups is 2. The number of fused-ring (bicyclic) bond motifs is 2. The van der Waals surface area contributed by atoms with Gasteiger partial charge in [-0.05, 0) is 30.3 Å². The summed E-state index contributed by atoms with van der Waals surface area (Å²) in [6.45, 7) is -0.219. The molecule has 5 aromatic rings. The van der Waals surface area contributed by atoms with Crippen molar-refractivity contribution < 1.29 is 22.7 Å². The summed E-state index contributed by atoms with van der Waals surface area (Å²) in [5, 5.41) is 5.91. The molecule has 0 fully saturated rings. The van der Waals surface area contributed by atoms with Crippen molar-refractivity contribution in [1.29, 1.82) is 0 Å². The third kappa shape index (κ3) is 4.92. The zero-order valence-corrected chi connectivity index (χ0v) is 21.1. The first-order chi connectivity index (χ1) is 17.7. The number of pyridine rings is 1. The van der Waals surface area contributed by atoms with Crippen molar-refractivity contribution in [1.82, 2.24) is 9.55 Å². The normalized spacial score (nSPS) is 12.2. The molecule has 2 heterocycles. The summed E-state index contributed by atoms with van der Waals surface area (Å²) in [6, 6.07) is 22.7. The Kier molecular flexibility index (Phi) is 6.42. The van der Waals surface area contributed by atoms with Crippen LogP contribution in [-0.2, 0) is 26.1 Å². The van der Waals surface area contributed by atoms with Crippen LogP contribution in [0, 0.1) is 0 Å². The summed E-state index contributed by atoms with van der Waals surface area (Å²) in [7, 11) is -2.69. The number of hydrogen-bond donors (Lipinski definition) is 1. The summed E-state index contributed by atoms with van der Waals surface area (Å²) in [5.41, 5.74) is 2.96. The Labute approximate surface area is 215 Å². The Balaban J connectivity index is 1.71. The average Bonchev–Trinajstić information content (AvgIpc) is 3.23. The number of sulfonamides is 1. The number of para-hydroxylation sites is 1. The average molecular weight is 533 g/mol. The first-order valence-electron chi connectivity index (χ1n) is 11.0. The topological polar surface area (TPSA) is 134 Å². The van der Waals surface area contributed by atoms with Crippen LogP contribution in [-0.4, -0.2) is 37.0 Å². The van der Waals surface area contributed by atoms with E-state index in [1.54, 1.807) is 12.1 Å². The van der Waals surface area contributed by atoms with Crippen LogP contribution in [0.5, 0.6) is 0 Å². The van der Waals surface area contributed by atoms with E-state index in [1.807, 2.05) is 48.5 Å². The molecule has 0 bridgehead atoms. The van der Waals surface area contributed by atoms with Gasteiger partial charge in [-0.2, -0.15) is 4.99 Å². The number of hydrogen-bond acceptors (Lipinski definition) is 7. The van der Waals surface area contributed by atoms with Crippen LogP contribution in [0.4, 0.5) is 0 Å². The van der Waals surface area contributed by atoms with Gasteiger partial charge in [0, 0.05) is 10.9 Å². The van der Waals surface area contributed by atoms with Crippen LogP contribution in [0.25, 0.3) is 32.4 Å². The highest BCUT2D eigenvalue weighted by Crippen LogP contribution is 2.26. The maximum atomic E-state index is 13.6. The van der Waals surface area contributed by atoms with Crippen molar-refractivity contribution in [3.05, 3.63) is 89.2 Å². The minimum Gasteiger partial charge on any atom is -0.468 e. The van der Waals surface area contributed by atoms with E-state index in [0.29, 0.717) is 32.4 Å². The Bertz CT molecular complexity index is 1860. The summed E-state index contributed by atoms with van der Waals surface area (Å²) >= 11 is 1.07. The SMILES string of the molecule is COC(=O)Cn1c(=NC(=O)c2cc(-c3ccccc3)nc3ccccc23)sc2cc(S(N)(=O)=O)ccc21. The molecule has 0 aliphatic heterocycles. The van der Waals surface area contributed by atoms with Gasteiger partial charge in [-0.1, -0.05) is 59.9 Å². The third-order valence-electron chi connectivity index (χ3n) is 5.71. The predicted octanol–water partition coefficient (Wildman–Crippen LogP) is 3.48. The number of esters is 1. The molecular weight excluding hydrogens is 512 g/mol. The van der Waals surface area contributed by atoms with E-state index in [9.17, 15) is 18.0 Å². The molecule has 186 valence electrons. The standard InChI is InChI=1S/C26H20N4O5S2/c1-35-24(31)15-30-22-12-11-17(37(27,33)34)13-23(22)36-26(30)29-25(32)19-14-21(16-7-3-2-4-8-16)28-20-10-6-5-9-18(19)20/h2-14H,15H2,1H3,(H2,27,33,34). The highest BCUT2D eigenvalue weighted by atomic mass is 32.2. The molecule has 5 rings (SSSR count). The number of methoxy groups -OCH3 is 1. The lowest BCUT2D eigenvalue weighted by Crippen LogP contribution is -2.22. The van der Waals surface area contributed by atoms with E-state index >= 15 is 0 Å². The smallest absolute Gasteiger partial charge is 0.325 e. The predicted molar refractivity (Wildman–Crippen MR) is 140 cm³/mol. The molecule has 0 unspecified atom stereocenters. The van der Waals surface area contributed by atoms with Gasteiger partial charge in [0.15, 0.2) is 4.80 Å². The summed E-state index contributed by atoms with van der Waals surface area (Å²) in [4.78, 5) is 34.9. The van der Waals surface area contributed by atoms with Gasteiger partial charge in [0.2, 0.25) is 10.0 Å². The highest BCUT2D eigenvalue weighted by molar-refractivity contribution is 7.89. The lowest BCUT2D eigenvalue weighted by Gasteiger charge is -2.08. The molecule has 2 N–H and O–H groups in total. The monoisotopic (exact) mass is 532 g/mol. The van der Waals surface area contributed by atoms with Crippen LogP contribution in [0.3, 0.4) is 0 Å². The van der Waals surface area contributed by atoms with Crippen LogP contribution in [0.1, 0.15) is 10.4 Å². The molecule has 3 aromatic carbocycles. The van der Waals surface area contributed by atoms with Crippen LogP contribution < -0.4 is 9.94 Å². The lowest BCUT2D eigenvalue weighted by atomic mass is 10.0. The van der Waals surface area contributed by atoms with Crippen molar-refractivity contribution >= 4 is 54.4 Å². The fourth-order valence-corrected chi connectivity index (χ4v) is 5.60. The Morgan fingerprint density at radius 1 is 1.03 bits per heavy atom. The second-order valence-corrected chi connectivity index (χ2v) is 10.6. The van der Waals surface area contributed by atoms with E-state index in [-0.39, 0.29) is 16.2 Å². The van der Waals surface area contributed by atoms with Crippen molar-refractivity contribution in [2.75, 3.05) is 7.11 Å². The van der Waals surface area contributed by atoms with Gasteiger partial charge in [-0.15, -0.1) is 0 Å². The maximum absolute atomic E-state index is 13.6. The number of benzene rings is 3. The zero-order valence-electron chi connectivity index (χ0n) is 19.5. The molecule has 0 aliphatic rings. The first kappa shape index (κ1) is 24.5. The Morgan fingerprint density at radius 2 is 1.76 bits per heavy atom. The molecule has 0 saturated carbocycles. The van der Waals surface area contributed by atoms with Gasteiger partial charge in [-0.3, -0.25) is 9.59 Å². The van der Waals surface area contributed by atoms with Gasteiger partial charge >= 0.3 is 5.97 Å². The van der Waals surface area contributed by atoms with Gasteiger partial charge in [-0.25, -0.2) is 18.5 Å². The molecule has 0 saturated heterocycles. The Morgan fingerprint density at radius 3 is 2.49 bits per heavy atom. The lowest BCUT2D eigenvalue weighted by molar-refractivity contribution is -0.141. The molecule has 1 amide bonds. The largest absolute Gasteiger partial charge is 0.468 e. The highest BCUT2D eigenvalue weighted by Gasteiger charge is 2.17. The summed E-state index contributed by atoms with van der Waals surface area (Å²) in [5.74, 6) is -1.09. The van der Waals surface area contributed by atoms with Gasteiger partial charge in [0.1, 0.15) is 6.54 Å². The van der Waals surface area contributed by atoms with Crippen molar-refractivity contribution in [3.63, 3.8) is 0 Å². The molecule has 0 aliphatic carbocycles. The van der Waals surface area contributed by atoms with Crippen molar-refractivity contribution in [2.45, 2.75) is 11.4 Å². The molecule has 0 spiro atoms. The van der Waals surface area contributed by atoms with Crippen LogP contribution in [0.2, 0.25) is 0 Å². The molecular formula is C26H20N4O5S2. The fraction of sp³-hybridized carbons (Fsp3) is 0.0769. The number of ether oxygens (including phenoxy) is 1. The van der Waals surface area contributed by atoms with E-state index < -0.39 is 21.9 Å². The quantitative estimate of drug-likeness (QED) is 0.345. The van der Waals surface area contributed by atoms with E-state index in [0.717, 1.165) is 16.9 Å². The van der Waals surface area contributed by atoms with Gasteiger partial charge in [0.05, 0.1) is 39.0 Å². The fourth-order valence-electron chi connectivity index (χ4n) is 3.92. The number of rotatable bonds is 5. The molecule has 11 heteroatoms. The number of carbonyl (C=O) groups excluding carboxylic acids is 2. The number of aromatic nitrogens is 2. The Hall–Kier alpha value is -4.19. The van der Waals surface area contributed by atoms with Gasteiger partial charge < -0.3 is 9.30 Å². The minimum absolute atomic E-state index is 0.0861. The molecule has 2 aromatic heterocycles. The van der Waals surface area contributed by atoms with Crippen molar-refractivity contribution in [3.8, 4) is 11.3 Å². The summed E-state index contributed by atoms with van der Waals surface area (Å²) in [6.07, 6.45) is 0. The maximum Gasteiger partial charge on any atom is 0.325 e. The number of primary sulfonamides is 1. The van der Waals surface area contributed by atoms with E-state index in [4.69, 9.17) is 14.9 Å². The second kappa shape index (κ2) is 9.69. The number of amides is 1. The number of thiazole rings is 1.